The first-order valence-corrected chi connectivity index (χ1v) is 7.65. The van der Waals surface area contributed by atoms with Crippen molar-refractivity contribution in [2.24, 2.45) is 5.92 Å². The van der Waals surface area contributed by atoms with Gasteiger partial charge in [0.25, 0.3) is 0 Å². The minimum Gasteiger partial charge on any atom is -0.303 e. The van der Waals surface area contributed by atoms with Crippen LogP contribution >= 0.6 is 11.3 Å². The average Bonchev–Trinajstić information content (AvgIpc) is 2.79. The van der Waals surface area contributed by atoms with E-state index >= 15 is 0 Å². The summed E-state index contributed by atoms with van der Waals surface area (Å²) in [6.07, 6.45) is 4.54. The second-order valence-electron chi connectivity index (χ2n) is 5.15. The van der Waals surface area contributed by atoms with Crippen molar-refractivity contribution in [2.45, 2.75) is 39.5 Å². The van der Waals surface area contributed by atoms with Gasteiger partial charge in [-0.1, -0.05) is 13.8 Å². The number of rotatable bonds is 4. The van der Waals surface area contributed by atoms with Crippen LogP contribution in [-0.2, 0) is 12.8 Å². The highest BCUT2D eigenvalue weighted by Crippen LogP contribution is 2.20. The summed E-state index contributed by atoms with van der Waals surface area (Å²) in [7, 11) is 0. The van der Waals surface area contributed by atoms with Crippen molar-refractivity contribution in [3.05, 3.63) is 15.6 Å². The van der Waals surface area contributed by atoms with Gasteiger partial charge >= 0.3 is 0 Å². The van der Waals surface area contributed by atoms with Crippen LogP contribution in [-0.4, -0.2) is 29.5 Å². The van der Waals surface area contributed by atoms with Crippen molar-refractivity contribution >= 4 is 11.3 Å². The summed E-state index contributed by atoms with van der Waals surface area (Å²) in [6, 6.07) is 2.25. The number of hydrogen-bond donors (Lipinski definition) is 0. The van der Waals surface area contributed by atoms with Crippen molar-refractivity contribution in [1.82, 2.24) is 9.88 Å². The molecule has 0 aliphatic carbocycles. The SMILES string of the molecule is CCc1nc(CCN2CCCC(C)C2)sc1C#N. The minimum atomic E-state index is 0.805. The Hall–Kier alpha value is -0.920. The standard InChI is InChI=1S/C14H21N3S/c1-3-12-13(9-15)18-14(16-12)6-8-17-7-4-5-11(2)10-17/h11H,3-8,10H2,1-2H3. The summed E-state index contributed by atoms with van der Waals surface area (Å²) in [5.41, 5.74) is 0.976. The summed E-state index contributed by atoms with van der Waals surface area (Å²) >= 11 is 1.57. The van der Waals surface area contributed by atoms with Crippen LogP contribution < -0.4 is 0 Å². The number of thiazole rings is 1. The van der Waals surface area contributed by atoms with Gasteiger partial charge in [-0.05, 0) is 31.7 Å². The molecule has 18 heavy (non-hydrogen) atoms. The Bertz CT molecular complexity index is 433. The third-order valence-corrected chi connectivity index (χ3v) is 4.62. The molecule has 0 N–H and O–H groups in total. The third kappa shape index (κ3) is 3.30. The molecule has 1 aromatic rings. The summed E-state index contributed by atoms with van der Waals surface area (Å²) in [6.45, 7) is 7.93. The maximum Gasteiger partial charge on any atom is 0.128 e. The quantitative estimate of drug-likeness (QED) is 0.838. The lowest BCUT2D eigenvalue weighted by molar-refractivity contribution is 0.186. The molecule has 2 heterocycles. The van der Waals surface area contributed by atoms with Crippen LogP contribution in [0, 0.1) is 17.2 Å². The van der Waals surface area contributed by atoms with Crippen molar-refractivity contribution in [3.8, 4) is 6.07 Å². The molecule has 1 saturated heterocycles. The van der Waals surface area contributed by atoms with Gasteiger partial charge in [-0.3, -0.25) is 0 Å². The molecule has 0 bridgehead atoms. The summed E-state index contributed by atoms with van der Waals surface area (Å²) < 4.78 is 0. The van der Waals surface area contributed by atoms with E-state index in [1.54, 1.807) is 11.3 Å². The second kappa shape index (κ2) is 6.31. The first-order chi connectivity index (χ1) is 8.72. The van der Waals surface area contributed by atoms with Gasteiger partial charge in [0.15, 0.2) is 0 Å². The number of nitrogens with zero attached hydrogens (tertiary/aromatic N) is 3. The Balaban J connectivity index is 1.90. The molecule has 0 amide bonds. The van der Waals surface area contributed by atoms with E-state index in [1.807, 2.05) is 0 Å². The molecular formula is C14H21N3S. The van der Waals surface area contributed by atoms with Gasteiger partial charge in [0.05, 0.1) is 10.7 Å². The highest BCUT2D eigenvalue weighted by molar-refractivity contribution is 7.12. The summed E-state index contributed by atoms with van der Waals surface area (Å²) in [5, 5.41) is 10.2. The fourth-order valence-electron chi connectivity index (χ4n) is 2.58. The molecule has 0 spiro atoms. The molecule has 2 rings (SSSR count). The second-order valence-corrected chi connectivity index (χ2v) is 6.23. The van der Waals surface area contributed by atoms with E-state index in [-0.39, 0.29) is 0 Å². The van der Waals surface area contributed by atoms with E-state index in [9.17, 15) is 0 Å². The number of nitriles is 1. The topological polar surface area (TPSA) is 39.9 Å². The summed E-state index contributed by atoms with van der Waals surface area (Å²) in [4.78, 5) is 7.91. The predicted octanol–water partition coefficient (Wildman–Crippen LogP) is 2.85. The molecule has 3 nitrogen and oxygen atoms in total. The first-order valence-electron chi connectivity index (χ1n) is 6.84. The normalized spacial score (nSPS) is 20.8. The van der Waals surface area contributed by atoms with Crippen molar-refractivity contribution in [1.29, 1.82) is 5.26 Å². The zero-order valence-corrected chi connectivity index (χ0v) is 12.1. The molecule has 1 unspecified atom stereocenters. The van der Waals surface area contributed by atoms with E-state index in [0.29, 0.717) is 0 Å². The molecule has 0 radical (unpaired) electrons. The monoisotopic (exact) mass is 263 g/mol. The number of likely N-dealkylation sites (tertiary alicyclic amines) is 1. The van der Waals surface area contributed by atoms with E-state index < -0.39 is 0 Å². The predicted molar refractivity (Wildman–Crippen MR) is 74.7 cm³/mol. The number of aryl methyl sites for hydroxylation is 1. The Morgan fingerprint density at radius 1 is 1.56 bits per heavy atom. The van der Waals surface area contributed by atoms with Gasteiger partial charge in [-0.25, -0.2) is 4.98 Å². The molecule has 98 valence electrons. The molecule has 1 fully saturated rings. The lowest BCUT2D eigenvalue weighted by atomic mass is 10.0. The minimum absolute atomic E-state index is 0.805. The zero-order chi connectivity index (χ0) is 13.0. The highest BCUT2D eigenvalue weighted by atomic mass is 32.1. The lowest BCUT2D eigenvalue weighted by Gasteiger charge is -2.30. The van der Waals surface area contributed by atoms with Gasteiger partial charge in [0.2, 0.25) is 0 Å². The Labute approximate surface area is 113 Å². The van der Waals surface area contributed by atoms with Crippen LogP contribution in [0.5, 0.6) is 0 Å². The lowest BCUT2D eigenvalue weighted by Crippen LogP contribution is -2.35. The van der Waals surface area contributed by atoms with Gasteiger partial charge in [0, 0.05) is 19.5 Å². The van der Waals surface area contributed by atoms with Crippen molar-refractivity contribution < 1.29 is 0 Å². The first kappa shape index (κ1) is 13.5. The maximum absolute atomic E-state index is 9.02. The molecule has 4 heteroatoms. The molecular weight excluding hydrogens is 242 g/mol. The molecule has 1 atom stereocenters. The Kier molecular flexibility index (Phi) is 4.73. The number of aromatic nitrogens is 1. The Morgan fingerprint density at radius 2 is 2.39 bits per heavy atom. The van der Waals surface area contributed by atoms with Crippen LogP contribution in [0.2, 0.25) is 0 Å². The van der Waals surface area contributed by atoms with E-state index in [1.165, 1.54) is 25.9 Å². The van der Waals surface area contributed by atoms with Gasteiger partial charge in [-0.15, -0.1) is 11.3 Å². The van der Waals surface area contributed by atoms with Crippen LogP contribution in [0.1, 0.15) is 42.3 Å². The molecule has 1 aliphatic rings. The van der Waals surface area contributed by atoms with Gasteiger partial charge in [0.1, 0.15) is 10.9 Å². The van der Waals surface area contributed by atoms with Gasteiger partial charge < -0.3 is 4.90 Å². The maximum atomic E-state index is 9.02. The van der Waals surface area contributed by atoms with Crippen LogP contribution in [0.3, 0.4) is 0 Å². The van der Waals surface area contributed by atoms with E-state index in [0.717, 1.165) is 40.9 Å². The van der Waals surface area contributed by atoms with E-state index in [2.05, 4.69) is 29.8 Å². The highest BCUT2D eigenvalue weighted by Gasteiger charge is 2.17. The molecule has 1 aromatic heterocycles. The van der Waals surface area contributed by atoms with Crippen LogP contribution in [0.4, 0.5) is 0 Å². The molecule has 0 aromatic carbocycles. The largest absolute Gasteiger partial charge is 0.303 e. The third-order valence-electron chi connectivity index (χ3n) is 3.56. The number of hydrogen-bond acceptors (Lipinski definition) is 4. The fraction of sp³-hybridized carbons (Fsp3) is 0.714. The van der Waals surface area contributed by atoms with Gasteiger partial charge in [-0.2, -0.15) is 5.26 Å². The Morgan fingerprint density at radius 3 is 3.00 bits per heavy atom. The van der Waals surface area contributed by atoms with Crippen LogP contribution in [0.25, 0.3) is 0 Å². The number of piperidine rings is 1. The zero-order valence-electron chi connectivity index (χ0n) is 11.3. The average molecular weight is 263 g/mol. The van der Waals surface area contributed by atoms with E-state index in [4.69, 9.17) is 5.26 Å². The fourth-order valence-corrected chi connectivity index (χ4v) is 3.52. The van der Waals surface area contributed by atoms with Crippen LogP contribution in [0.15, 0.2) is 0 Å². The van der Waals surface area contributed by atoms with Crippen molar-refractivity contribution in [3.63, 3.8) is 0 Å². The smallest absolute Gasteiger partial charge is 0.128 e. The molecule has 0 saturated carbocycles. The molecule has 1 aliphatic heterocycles. The van der Waals surface area contributed by atoms with Crippen molar-refractivity contribution in [2.75, 3.05) is 19.6 Å². The summed E-state index contributed by atoms with van der Waals surface area (Å²) in [5.74, 6) is 0.830.